The molecule has 0 saturated carbocycles. The van der Waals surface area contributed by atoms with E-state index in [2.05, 4.69) is 16.7 Å². The minimum absolute atomic E-state index is 0.0832. The van der Waals surface area contributed by atoms with Crippen molar-refractivity contribution in [2.24, 2.45) is 0 Å². The van der Waals surface area contributed by atoms with Gasteiger partial charge in [0.2, 0.25) is 0 Å². The van der Waals surface area contributed by atoms with Crippen molar-refractivity contribution in [2.75, 3.05) is 32.7 Å². The number of likely N-dealkylation sites (tertiary alicyclic amines) is 2. The predicted octanol–water partition coefficient (Wildman–Crippen LogP) is 2.58. The van der Waals surface area contributed by atoms with Crippen LogP contribution in [-0.4, -0.2) is 59.1 Å². The van der Waals surface area contributed by atoms with E-state index >= 15 is 0 Å². The molecule has 0 aromatic carbocycles. The smallest absolute Gasteiger partial charge is 0.305 e. The van der Waals surface area contributed by atoms with Gasteiger partial charge in [0.05, 0.1) is 6.42 Å². The molecule has 1 atom stereocenters. The van der Waals surface area contributed by atoms with E-state index in [1.165, 1.54) is 25.7 Å². The summed E-state index contributed by atoms with van der Waals surface area (Å²) in [7, 11) is 0. The van der Waals surface area contributed by atoms with Crippen molar-refractivity contribution in [1.82, 2.24) is 9.80 Å². The summed E-state index contributed by atoms with van der Waals surface area (Å²) >= 11 is 0. The molecule has 2 heterocycles. The highest BCUT2D eigenvalue weighted by atomic mass is 16.4. The van der Waals surface area contributed by atoms with Crippen LogP contribution in [0.2, 0.25) is 0 Å². The number of carbonyl (C=O) groups is 1. The molecule has 20 heavy (non-hydrogen) atoms. The molecule has 2 saturated heterocycles. The summed E-state index contributed by atoms with van der Waals surface area (Å²) in [6.07, 6.45) is 8.62. The maximum Gasteiger partial charge on any atom is 0.305 e. The number of hydrogen-bond donors (Lipinski definition) is 1. The van der Waals surface area contributed by atoms with Crippen LogP contribution < -0.4 is 0 Å². The number of rotatable bonds is 4. The molecule has 0 aliphatic carbocycles. The Labute approximate surface area is 123 Å². The van der Waals surface area contributed by atoms with Crippen LogP contribution in [0.4, 0.5) is 0 Å². The lowest BCUT2D eigenvalue weighted by Crippen LogP contribution is -2.51. The van der Waals surface area contributed by atoms with Crippen molar-refractivity contribution in [3.8, 4) is 0 Å². The van der Waals surface area contributed by atoms with E-state index in [1.807, 2.05) is 0 Å². The first kappa shape index (κ1) is 15.8. The second-order valence-electron chi connectivity index (χ2n) is 6.48. The molecule has 2 fully saturated rings. The predicted molar refractivity (Wildman–Crippen MR) is 81.0 cm³/mol. The molecule has 2 rings (SSSR count). The SMILES string of the molecule is CCN1CCCC(CC(=O)O)(N2CCCCCC2)CC1. The summed E-state index contributed by atoms with van der Waals surface area (Å²) < 4.78 is 0. The largest absolute Gasteiger partial charge is 0.481 e. The summed E-state index contributed by atoms with van der Waals surface area (Å²) in [5, 5.41) is 9.41. The molecule has 0 aromatic rings. The van der Waals surface area contributed by atoms with Crippen molar-refractivity contribution in [1.29, 1.82) is 0 Å². The van der Waals surface area contributed by atoms with Crippen molar-refractivity contribution in [2.45, 2.75) is 63.8 Å². The Balaban J connectivity index is 2.13. The van der Waals surface area contributed by atoms with Gasteiger partial charge in [0.1, 0.15) is 0 Å². The molecule has 116 valence electrons. The van der Waals surface area contributed by atoms with Gasteiger partial charge in [0, 0.05) is 5.54 Å². The molecule has 0 radical (unpaired) electrons. The van der Waals surface area contributed by atoms with Gasteiger partial charge in [0.15, 0.2) is 0 Å². The molecule has 4 nitrogen and oxygen atoms in total. The van der Waals surface area contributed by atoms with Crippen LogP contribution >= 0.6 is 0 Å². The second kappa shape index (κ2) is 7.41. The first-order chi connectivity index (χ1) is 9.66. The van der Waals surface area contributed by atoms with E-state index in [4.69, 9.17) is 0 Å². The average molecular weight is 282 g/mol. The van der Waals surface area contributed by atoms with Gasteiger partial charge < -0.3 is 10.0 Å². The fourth-order valence-corrected chi connectivity index (χ4v) is 3.98. The third kappa shape index (κ3) is 3.95. The highest BCUT2D eigenvalue weighted by Crippen LogP contribution is 2.34. The number of aliphatic carboxylic acids is 1. The summed E-state index contributed by atoms with van der Waals surface area (Å²) in [6, 6.07) is 0. The lowest BCUT2D eigenvalue weighted by Gasteiger charge is -2.42. The zero-order chi connectivity index (χ0) is 14.4. The van der Waals surface area contributed by atoms with E-state index in [0.717, 1.165) is 52.0 Å². The van der Waals surface area contributed by atoms with Gasteiger partial charge in [-0.3, -0.25) is 9.69 Å². The summed E-state index contributed by atoms with van der Waals surface area (Å²) in [5.41, 5.74) is -0.0832. The van der Waals surface area contributed by atoms with E-state index in [9.17, 15) is 9.90 Å². The van der Waals surface area contributed by atoms with E-state index in [-0.39, 0.29) is 5.54 Å². The van der Waals surface area contributed by atoms with Gasteiger partial charge in [0.25, 0.3) is 0 Å². The van der Waals surface area contributed by atoms with Gasteiger partial charge >= 0.3 is 5.97 Å². The topological polar surface area (TPSA) is 43.8 Å². The zero-order valence-electron chi connectivity index (χ0n) is 12.9. The maximum absolute atomic E-state index is 11.4. The molecule has 0 amide bonds. The van der Waals surface area contributed by atoms with Crippen LogP contribution in [0, 0.1) is 0 Å². The van der Waals surface area contributed by atoms with Crippen LogP contribution in [0.1, 0.15) is 58.3 Å². The van der Waals surface area contributed by atoms with Crippen LogP contribution in [0.15, 0.2) is 0 Å². The summed E-state index contributed by atoms with van der Waals surface area (Å²) in [4.78, 5) is 16.4. The number of hydrogen-bond acceptors (Lipinski definition) is 3. The quantitative estimate of drug-likeness (QED) is 0.861. The molecule has 0 aromatic heterocycles. The number of carboxylic acid groups (broad SMARTS) is 1. The Morgan fingerprint density at radius 2 is 1.70 bits per heavy atom. The minimum atomic E-state index is -0.626. The van der Waals surface area contributed by atoms with Gasteiger partial charge in [-0.1, -0.05) is 19.8 Å². The maximum atomic E-state index is 11.4. The van der Waals surface area contributed by atoms with Crippen LogP contribution in [0.5, 0.6) is 0 Å². The summed E-state index contributed by atoms with van der Waals surface area (Å²) in [5.74, 6) is -0.626. The van der Waals surface area contributed by atoms with Gasteiger partial charge in [-0.05, 0) is 64.8 Å². The molecular weight excluding hydrogens is 252 g/mol. The van der Waals surface area contributed by atoms with E-state index in [1.54, 1.807) is 0 Å². The molecule has 1 N–H and O–H groups in total. The minimum Gasteiger partial charge on any atom is -0.481 e. The van der Waals surface area contributed by atoms with E-state index in [0.29, 0.717) is 6.42 Å². The van der Waals surface area contributed by atoms with Gasteiger partial charge in [-0.25, -0.2) is 0 Å². The monoisotopic (exact) mass is 282 g/mol. The van der Waals surface area contributed by atoms with Gasteiger partial charge in [-0.15, -0.1) is 0 Å². The molecule has 4 heteroatoms. The highest BCUT2D eigenvalue weighted by Gasteiger charge is 2.39. The van der Waals surface area contributed by atoms with Crippen LogP contribution in [-0.2, 0) is 4.79 Å². The first-order valence-electron chi connectivity index (χ1n) is 8.35. The fourth-order valence-electron chi connectivity index (χ4n) is 3.98. The molecule has 1 unspecified atom stereocenters. The van der Waals surface area contributed by atoms with Crippen molar-refractivity contribution in [3.63, 3.8) is 0 Å². The lowest BCUT2D eigenvalue weighted by atomic mass is 9.84. The van der Waals surface area contributed by atoms with Crippen LogP contribution in [0.3, 0.4) is 0 Å². The third-order valence-corrected chi connectivity index (χ3v) is 5.21. The molecule has 0 spiro atoms. The standard InChI is InChI=1S/C16H30N2O2/c1-2-17-10-7-8-16(9-13-17,14-15(19)20)18-11-5-3-4-6-12-18/h2-14H2,1H3,(H,19,20). The zero-order valence-corrected chi connectivity index (χ0v) is 12.9. The Kier molecular flexibility index (Phi) is 5.85. The molecule has 2 aliphatic heterocycles. The molecular formula is C16H30N2O2. The number of carboxylic acids is 1. The Hall–Kier alpha value is -0.610. The van der Waals surface area contributed by atoms with Crippen molar-refractivity contribution < 1.29 is 9.90 Å². The molecule has 0 bridgehead atoms. The lowest BCUT2D eigenvalue weighted by molar-refractivity contribution is -0.141. The van der Waals surface area contributed by atoms with Crippen molar-refractivity contribution in [3.05, 3.63) is 0 Å². The number of nitrogens with zero attached hydrogens (tertiary/aromatic N) is 2. The Bertz CT molecular complexity index is 314. The second-order valence-corrected chi connectivity index (χ2v) is 6.48. The van der Waals surface area contributed by atoms with E-state index < -0.39 is 5.97 Å². The fraction of sp³-hybridized carbons (Fsp3) is 0.938. The summed E-state index contributed by atoms with van der Waals surface area (Å²) in [6.45, 7) is 7.67. The highest BCUT2D eigenvalue weighted by molar-refractivity contribution is 5.68. The third-order valence-electron chi connectivity index (χ3n) is 5.21. The van der Waals surface area contributed by atoms with Gasteiger partial charge in [-0.2, -0.15) is 0 Å². The first-order valence-corrected chi connectivity index (χ1v) is 8.35. The van der Waals surface area contributed by atoms with Crippen molar-refractivity contribution >= 4 is 5.97 Å². The Morgan fingerprint density at radius 3 is 2.30 bits per heavy atom. The average Bonchev–Trinajstić information content (AvgIpc) is 2.79. The Morgan fingerprint density at radius 1 is 1.00 bits per heavy atom. The molecule has 2 aliphatic rings. The normalized spacial score (nSPS) is 30.6. The van der Waals surface area contributed by atoms with Crippen LogP contribution in [0.25, 0.3) is 0 Å².